The second-order valence-electron chi connectivity index (χ2n) is 7.03. The number of carbonyl (C=O) groups excluding carboxylic acids is 1. The molecule has 1 aliphatic carbocycles. The van der Waals surface area contributed by atoms with Gasteiger partial charge in [0.15, 0.2) is 0 Å². The minimum Gasteiger partial charge on any atom is -0.377 e. The van der Waals surface area contributed by atoms with Gasteiger partial charge >= 0.3 is 0 Å². The highest BCUT2D eigenvalue weighted by atomic mass is 16.5. The smallest absolute Gasteiger partial charge is 0.245 e. The summed E-state index contributed by atoms with van der Waals surface area (Å²) < 4.78 is 5.74. The van der Waals surface area contributed by atoms with Crippen molar-refractivity contribution in [3.05, 3.63) is 29.3 Å². The van der Waals surface area contributed by atoms with Crippen molar-refractivity contribution in [2.75, 3.05) is 11.9 Å². The average molecular weight is 288 g/mol. The number of carbonyl (C=O) groups is 1. The zero-order valence-corrected chi connectivity index (χ0v) is 13.2. The molecule has 3 unspecified atom stereocenters. The van der Waals surface area contributed by atoms with Gasteiger partial charge in [0.1, 0.15) is 5.54 Å². The molecule has 1 aliphatic heterocycles. The number of fused-ring (bicyclic) bond motifs is 1. The lowest BCUT2D eigenvalue weighted by atomic mass is 9.48. The molecule has 2 aliphatic rings. The predicted molar refractivity (Wildman–Crippen MR) is 83.1 cm³/mol. The highest BCUT2D eigenvalue weighted by molar-refractivity contribution is 6.00. The minimum absolute atomic E-state index is 0.0949. The lowest BCUT2D eigenvalue weighted by molar-refractivity contribution is -0.170. The van der Waals surface area contributed by atoms with Gasteiger partial charge in [-0.3, -0.25) is 4.79 Å². The van der Waals surface area contributed by atoms with Crippen molar-refractivity contribution >= 4 is 11.6 Å². The Hall–Kier alpha value is -1.39. The number of ether oxygens (including phenoxy) is 1. The average Bonchev–Trinajstić information content (AvgIpc) is 2.90. The first-order chi connectivity index (χ1) is 9.78. The molecule has 1 heterocycles. The van der Waals surface area contributed by atoms with Crippen molar-refractivity contribution < 1.29 is 9.53 Å². The summed E-state index contributed by atoms with van der Waals surface area (Å²) in [7, 11) is 0. The van der Waals surface area contributed by atoms with E-state index in [4.69, 9.17) is 10.5 Å². The van der Waals surface area contributed by atoms with E-state index in [1.165, 1.54) is 5.56 Å². The van der Waals surface area contributed by atoms with Gasteiger partial charge < -0.3 is 15.8 Å². The minimum atomic E-state index is -0.854. The third-order valence-electron chi connectivity index (χ3n) is 5.59. The van der Waals surface area contributed by atoms with E-state index in [1.54, 1.807) is 0 Å². The van der Waals surface area contributed by atoms with Crippen LogP contribution in [0.3, 0.4) is 0 Å². The predicted octanol–water partition coefficient (Wildman–Crippen LogP) is 2.38. The molecule has 1 aromatic carbocycles. The zero-order chi connectivity index (χ0) is 15.4. The van der Waals surface area contributed by atoms with Gasteiger partial charge in [-0.2, -0.15) is 0 Å². The Bertz CT molecular complexity index is 596. The largest absolute Gasteiger partial charge is 0.377 e. The first kappa shape index (κ1) is 14.5. The van der Waals surface area contributed by atoms with Crippen LogP contribution in [-0.2, 0) is 9.53 Å². The molecule has 3 atom stereocenters. The number of hydrogen-bond donors (Lipinski definition) is 2. The lowest BCUT2D eigenvalue weighted by Gasteiger charge is -2.60. The lowest BCUT2D eigenvalue weighted by Crippen LogP contribution is -2.79. The molecule has 1 aromatic rings. The van der Waals surface area contributed by atoms with Crippen LogP contribution < -0.4 is 11.1 Å². The van der Waals surface area contributed by atoms with Crippen LogP contribution in [-0.4, -0.2) is 24.2 Å². The molecular formula is C17H24N2O2. The van der Waals surface area contributed by atoms with Gasteiger partial charge in [-0.15, -0.1) is 0 Å². The fourth-order valence-corrected chi connectivity index (χ4v) is 3.90. The third kappa shape index (κ3) is 1.86. The molecule has 0 aromatic heterocycles. The standard InChI is InChI=1S/C17H24N2O2/c1-10-5-6-12(9-11(10)2)19-15(20)17(18)13-7-8-21-14(13)16(17,3)4/h5-6,9,13-14H,7-8,18H2,1-4H3,(H,19,20). The summed E-state index contributed by atoms with van der Waals surface area (Å²) in [6, 6.07) is 5.93. The number of anilines is 1. The van der Waals surface area contributed by atoms with Gasteiger partial charge in [0.25, 0.3) is 0 Å². The zero-order valence-electron chi connectivity index (χ0n) is 13.2. The Labute approximate surface area is 126 Å². The second kappa shape index (κ2) is 4.55. The molecule has 0 spiro atoms. The summed E-state index contributed by atoms with van der Waals surface area (Å²) >= 11 is 0. The molecule has 0 bridgehead atoms. The van der Waals surface area contributed by atoms with E-state index < -0.39 is 5.54 Å². The monoisotopic (exact) mass is 288 g/mol. The van der Waals surface area contributed by atoms with Crippen molar-refractivity contribution in [1.29, 1.82) is 0 Å². The molecule has 2 fully saturated rings. The first-order valence-corrected chi connectivity index (χ1v) is 7.57. The fourth-order valence-electron chi connectivity index (χ4n) is 3.90. The number of nitrogens with two attached hydrogens (primary N) is 1. The van der Waals surface area contributed by atoms with Gasteiger partial charge in [-0.25, -0.2) is 0 Å². The molecule has 1 saturated carbocycles. The molecule has 21 heavy (non-hydrogen) atoms. The van der Waals surface area contributed by atoms with Crippen molar-refractivity contribution in [2.24, 2.45) is 17.1 Å². The van der Waals surface area contributed by atoms with Crippen LogP contribution in [0.5, 0.6) is 0 Å². The Morgan fingerprint density at radius 2 is 2.05 bits per heavy atom. The van der Waals surface area contributed by atoms with E-state index in [-0.39, 0.29) is 23.3 Å². The van der Waals surface area contributed by atoms with Gasteiger partial charge in [0.05, 0.1) is 6.10 Å². The number of rotatable bonds is 2. The first-order valence-electron chi connectivity index (χ1n) is 7.57. The molecule has 1 saturated heterocycles. The molecule has 3 N–H and O–H groups in total. The molecule has 4 nitrogen and oxygen atoms in total. The number of aryl methyl sites for hydroxylation is 2. The number of benzene rings is 1. The van der Waals surface area contributed by atoms with Gasteiger partial charge in [0.2, 0.25) is 5.91 Å². The highest BCUT2D eigenvalue weighted by Gasteiger charge is 2.71. The molecule has 3 rings (SSSR count). The Morgan fingerprint density at radius 1 is 1.33 bits per heavy atom. The number of amides is 1. The van der Waals surface area contributed by atoms with Crippen LogP contribution in [0.2, 0.25) is 0 Å². The Kier molecular flexibility index (Phi) is 3.15. The van der Waals surface area contributed by atoms with Gasteiger partial charge in [-0.1, -0.05) is 19.9 Å². The summed E-state index contributed by atoms with van der Waals surface area (Å²) in [5.41, 5.74) is 8.53. The van der Waals surface area contributed by atoms with Gasteiger partial charge in [-0.05, 0) is 43.5 Å². The maximum absolute atomic E-state index is 12.8. The highest BCUT2D eigenvalue weighted by Crippen LogP contribution is 2.58. The summed E-state index contributed by atoms with van der Waals surface area (Å²) in [6.07, 6.45) is 0.971. The Balaban J connectivity index is 1.83. The summed E-state index contributed by atoms with van der Waals surface area (Å²) in [5.74, 6) is 0.0292. The molecule has 1 amide bonds. The Morgan fingerprint density at radius 3 is 2.71 bits per heavy atom. The van der Waals surface area contributed by atoms with E-state index in [1.807, 2.05) is 39.0 Å². The van der Waals surface area contributed by atoms with Crippen molar-refractivity contribution in [3.63, 3.8) is 0 Å². The van der Waals surface area contributed by atoms with E-state index in [9.17, 15) is 4.79 Å². The van der Waals surface area contributed by atoms with Crippen molar-refractivity contribution in [1.82, 2.24) is 0 Å². The van der Waals surface area contributed by atoms with Crippen LogP contribution >= 0.6 is 0 Å². The molecular weight excluding hydrogens is 264 g/mol. The SMILES string of the molecule is Cc1ccc(NC(=O)C2(N)C3CCOC3C2(C)C)cc1C. The summed E-state index contributed by atoms with van der Waals surface area (Å²) in [5, 5.41) is 3.00. The second-order valence-corrected chi connectivity index (χ2v) is 7.03. The van der Waals surface area contributed by atoms with Crippen LogP contribution in [0.15, 0.2) is 18.2 Å². The van der Waals surface area contributed by atoms with Crippen molar-refractivity contribution in [2.45, 2.75) is 45.8 Å². The van der Waals surface area contributed by atoms with E-state index in [2.05, 4.69) is 12.2 Å². The maximum Gasteiger partial charge on any atom is 0.245 e. The maximum atomic E-state index is 12.8. The molecule has 114 valence electrons. The summed E-state index contributed by atoms with van der Waals surface area (Å²) in [6.45, 7) is 8.85. The number of nitrogens with one attached hydrogen (secondary N) is 1. The molecule has 4 heteroatoms. The van der Waals surface area contributed by atoms with Crippen LogP contribution in [0, 0.1) is 25.2 Å². The van der Waals surface area contributed by atoms with E-state index in [0.717, 1.165) is 17.7 Å². The topological polar surface area (TPSA) is 64.4 Å². The third-order valence-corrected chi connectivity index (χ3v) is 5.59. The fraction of sp³-hybridized carbons (Fsp3) is 0.588. The van der Waals surface area contributed by atoms with Gasteiger partial charge in [0, 0.05) is 23.6 Å². The quantitative estimate of drug-likeness (QED) is 0.878. The number of hydrogen-bond acceptors (Lipinski definition) is 3. The van der Waals surface area contributed by atoms with E-state index >= 15 is 0 Å². The van der Waals surface area contributed by atoms with Crippen LogP contribution in [0.25, 0.3) is 0 Å². The van der Waals surface area contributed by atoms with E-state index in [0.29, 0.717) is 6.61 Å². The van der Waals surface area contributed by atoms with Crippen LogP contribution in [0.1, 0.15) is 31.4 Å². The normalized spacial score (nSPS) is 33.2. The summed E-state index contributed by atoms with van der Waals surface area (Å²) in [4.78, 5) is 12.8. The van der Waals surface area contributed by atoms with Crippen molar-refractivity contribution in [3.8, 4) is 0 Å². The molecule has 0 radical (unpaired) electrons. The van der Waals surface area contributed by atoms with Crippen LogP contribution in [0.4, 0.5) is 5.69 Å².